The van der Waals surface area contributed by atoms with Crippen LogP contribution in [-0.4, -0.2) is 41.6 Å². The van der Waals surface area contributed by atoms with E-state index in [0.717, 1.165) is 28.7 Å². The molecule has 170 valence electrons. The molecule has 0 fully saturated rings. The first-order valence-corrected chi connectivity index (χ1v) is 11.8. The van der Waals surface area contributed by atoms with Crippen LogP contribution in [0.1, 0.15) is 33.3 Å². The van der Waals surface area contributed by atoms with Crippen molar-refractivity contribution < 1.29 is 19.1 Å². The Labute approximate surface area is 197 Å². The number of nitrogens with two attached hydrogens (primary N) is 1. The third-order valence-electron chi connectivity index (χ3n) is 4.51. The predicted octanol–water partition coefficient (Wildman–Crippen LogP) is 1.31. The van der Waals surface area contributed by atoms with E-state index < -0.39 is 11.7 Å². The summed E-state index contributed by atoms with van der Waals surface area (Å²) in [7, 11) is 0. The fourth-order valence-corrected chi connectivity index (χ4v) is 4.54. The number of aryl methyl sites for hydroxylation is 3. The summed E-state index contributed by atoms with van der Waals surface area (Å²) >= 11 is 2.46. The SMILES string of the molecule is Cc1ccc(-[n+]2noc([O-])c2C(=O)CSc2nnc(CSc3nc(C)cc(C)n3)n2N)cc1. The van der Waals surface area contributed by atoms with Crippen molar-refractivity contribution in [3.05, 3.63) is 58.8 Å². The summed E-state index contributed by atoms with van der Waals surface area (Å²) in [5.41, 5.74) is 3.17. The van der Waals surface area contributed by atoms with Gasteiger partial charge in [0.2, 0.25) is 16.6 Å². The molecule has 0 atom stereocenters. The van der Waals surface area contributed by atoms with Crippen LogP contribution in [0.15, 0.2) is 45.2 Å². The van der Waals surface area contributed by atoms with Crippen LogP contribution in [0.2, 0.25) is 0 Å². The van der Waals surface area contributed by atoms with Crippen LogP contribution in [0.4, 0.5) is 0 Å². The molecular formula is C20H20N8O3S2. The Kier molecular flexibility index (Phi) is 6.60. The van der Waals surface area contributed by atoms with Crippen molar-refractivity contribution in [1.82, 2.24) is 30.1 Å². The second-order valence-corrected chi connectivity index (χ2v) is 9.04. The Hall–Kier alpha value is -3.45. The molecule has 13 heteroatoms. The maximum atomic E-state index is 12.8. The minimum atomic E-state index is -0.805. The highest BCUT2D eigenvalue weighted by Crippen LogP contribution is 2.22. The van der Waals surface area contributed by atoms with Crippen molar-refractivity contribution >= 4 is 29.3 Å². The number of aromatic nitrogens is 7. The first kappa shape index (κ1) is 22.7. The lowest BCUT2D eigenvalue weighted by Gasteiger charge is -2.04. The summed E-state index contributed by atoms with van der Waals surface area (Å²) in [6.07, 6.45) is 0. The smallest absolute Gasteiger partial charge is 0.307 e. The van der Waals surface area contributed by atoms with Crippen LogP contribution in [0, 0.1) is 20.8 Å². The number of hydrogen-bond acceptors (Lipinski definition) is 11. The van der Waals surface area contributed by atoms with E-state index in [9.17, 15) is 9.90 Å². The molecule has 0 spiro atoms. The van der Waals surface area contributed by atoms with Gasteiger partial charge in [0.15, 0.2) is 16.9 Å². The van der Waals surface area contributed by atoms with E-state index in [2.05, 4.69) is 25.4 Å². The first-order chi connectivity index (χ1) is 15.8. The van der Waals surface area contributed by atoms with Crippen LogP contribution in [0.25, 0.3) is 5.69 Å². The molecule has 33 heavy (non-hydrogen) atoms. The number of Topliss-reactive ketones (excluding diaryl/α,β-unsaturated/α-hetero) is 1. The number of benzene rings is 1. The normalized spacial score (nSPS) is 11.1. The lowest BCUT2D eigenvalue weighted by Crippen LogP contribution is -2.39. The van der Waals surface area contributed by atoms with E-state index in [-0.39, 0.29) is 11.4 Å². The van der Waals surface area contributed by atoms with E-state index in [1.807, 2.05) is 39.0 Å². The number of carbonyl (C=O) groups excluding carboxylic acids is 1. The van der Waals surface area contributed by atoms with Gasteiger partial charge >= 0.3 is 5.69 Å². The number of hydrogen-bond donors (Lipinski definition) is 1. The molecule has 3 aromatic heterocycles. The molecule has 3 heterocycles. The van der Waals surface area contributed by atoms with Crippen molar-refractivity contribution in [2.24, 2.45) is 0 Å². The number of ketones is 1. The number of nitrogens with zero attached hydrogens (tertiary/aromatic N) is 7. The number of rotatable bonds is 8. The van der Waals surface area contributed by atoms with Gasteiger partial charge in [0.25, 0.3) is 0 Å². The minimum Gasteiger partial charge on any atom is -0.539 e. The first-order valence-electron chi connectivity index (χ1n) is 9.78. The topological polar surface area (TPSA) is 153 Å². The van der Waals surface area contributed by atoms with Crippen molar-refractivity contribution in [2.75, 3.05) is 11.6 Å². The monoisotopic (exact) mass is 484 g/mol. The third-order valence-corrected chi connectivity index (χ3v) is 6.30. The van der Waals surface area contributed by atoms with Crippen molar-refractivity contribution in [1.29, 1.82) is 0 Å². The fraction of sp³-hybridized carbons (Fsp3) is 0.250. The van der Waals surface area contributed by atoms with Crippen LogP contribution in [0.5, 0.6) is 5.95 Å². The molecule has 1 aromatic carbocycles. The number of carbonyl (C=O) groups is 1. The van der Waals surface area contributed by atoms with Gasteiger partial charge in [-0.15, -0.1) is 10.2 Å². The van der Waals surface area contributed by atoms with E-state index >= 15 is 0 Å². The molecule has 4 aromatic rings. The minimum absolute atomic E-state index is 0.0923. The Morgan fingerprint density at radius 2 is 1.82 bits per heavy atom. The van der Waals surface area contributed by atoms with Gasteiger partial charge in [-0.1, -0.05) is 41.2 Å². The lowest BCUT2D eigenvalue weighted by molar-refractivity contribution is -0.672. The fourth-order valence-electron chi connectivity index (χ4n) is 2.93. The predicted molar refractivity (Wildman–Crippen MR) is 119 cm³/mol. The van der Waals surface area contributed by atoms with Crippen molar-refractivity contribution in [2.45, 2.75) is 36.8 Å². The van der Waals surface area contributed by atoms with E-state index in [4.69, 9.17) is 10.4 Å². The molecule has 0 saturated heterocycles. The zero-order chi connectivity index (χ0) is 23.5. The van der Waals surface area contributed by atoms with Crippen LogP contribution < -0.4 is 15.6 Å². The summed E-state index contributed by atoms with van der Waals surface area (Å²) in [4.78, 5) is 21.5. The van der Waals surface area contributed by atoms with Gasteiger partial charge in [0, 0.05) is 23.5 Å². The van der Waals surface area contributed by atoms with Crippen molar-refractivity contribution in [3.8, 4) is 11.6 Å². The zero-order valence-corrected chi connectivity index (χ0v) is 19.7. The number of thioether (sulfide) groups is 2. The Bertz CT molecular complexity index is 1280. The Morgan fingerprint density at radius 1 is 1.12 bits per heavy atom. The molecule has 11 nitrogen and oxygen atoms in total. The molecule has 0 radical (unpaired) electrons. The summed E-state index contributed by atoms with van der Waals surface area (Å²) in [5, 5.41) is 24.9. The van der Waals surface area contributed by atoms with E-state index in [1.54, 1.807) is 12.1 Å². The second kappa shape index (κ2) is 9.58. The maximum Gasteiger partial charge on any atom is 0.307 e. The lowest BCUT2D eigenvalue weighted by atomic mass is 10.2. The van der Waals surface area contributed by atoms with Gasteiger partial charge in [0.1, 0.15) is 0 Å². The highest BCUT2D eigenvalue weighted by molar-refractivity contribution is 7.99. The number of nitrogen functional groups attached to an aromatic ring is 1. The second-order valence-electron chi connectivity index (χ2n) is 7.16. The average Bonchev–Trinajstić information content (AvgIpc) is 3.33. The molecule has 0 aliphatic carbocycles. The largest absolute Gasteiger partial charge is 0.539 e. The standard InChI is InChI=1S/C20H20N8O3S2/c1-11-4-6-14(7-5-11)28-17(18(30)31-26-28)15(29)9-33-20-25-24-16(27(20)21)10-32-19-22-12(2)8-13(3)23-19/h4-8H,9-10,21H2,1-3H3. The van der Waals surface area contributed by atoms with E-state index in [1.165, 1.54) is 21.1 Å². The molecule has 0 unspecified atom stereocenters. The van der Waals surface area contributed by atoms with Gasteiger partial charge in [-0.25, -0.2) is 14.6 Å². The molecule has 4 rings (SSSR count). The highest BCUT2D eigenvalue weighted by atomic mass is 32.2. The molecule has 0 aliphatic heterocycles. The van der Waals surface area contributed by atoms with Gasteiger partial charge < -0.3 is 15.5 Å². The molecular weight excluding hydrogens is 464 g/mol. The molecule has 0 amide bonds. The van der Waals surface area contributed by atoms with Gasteiger partial charge in [-0.2, -0.15) is 0 Å². The van der Waals surface area contributed by atoms with Crippen LogP contribution in [0.3, 0.4) is 0 Å². The highest BCUT2D eigenvalue weighted by Gasteiger charge is 2.28. The van der Waals surface area contributed by atoms with E-state index in [0.29, 0.717) is 27.6 Å². The summed E-state index contributed by atoms with van der Waals surface area (Å²) in [5.74, 6) is 5.65. The van der Waals surface area contributed by atoms with Gasteiger partial charge in [-0.05, 0) is 31.5 Å². The average molecular weight is 485 g/mol. The zero-order valence-electron chi connectivity index (χ0n) is 18.1. The van der Waals surface area contributed by atoms with Gasteiger partial charge in [0.05, 0.1) is 16.8 Å². The molecule has 0 bridgehead atoms. The third kappa shape index (κ3) is 5.14. The Morgan fingerprint density at radius 3 is 2.52 bits per heavy atom. The molecule has 0 saturated carbocycles. The van der Waals surface area contributed by atoms with Crippen LogP contribution in [-0.2, 0) is 5.75 Å². The quantitative estimate of drug-likeness (QED) is 0.127. The molecule has 0 aliphatic rings. The maximum absolute atomic E-state index is 12.8. The summed E-state index contributed by atoms with van der Waals surface area (Å²) in [6.45, 7) is 5.74. The Balaban J connectivity index is 1.43. The van der Waals surface area contributed by atoms with Crippen LogP contribution >= 0.6 is 23.5 Å². The van der Waals surface area contributed by atoms with Gasteiger partial charge in [-0.3, -0.25) is 4.79 Å². The summed E-state index contributed by atoms with van der Waals surface area (Å²) < 4.78 is 7.24. The van der Waals surface area contributed by atoms with Crippen molar-refractivity contribution in [3.63, 3.8) is 0 Å². The summed E-state index contributed by atoms with van der Waals surface area (Å²) in [6, 6.07) is 9.10. The molecule has 2 N–H and O–H groups in total.